The lowest BCUT2D eigenvalue weighted by atomic mass is 10.1. The fourth-order valence-electron chi connectivity index (χ4n) is 1.64. The lowest BCUT2D eigenvalue weighted by Gasteiger charge is -2.06. The molecule has 0 bridgehead atoms. The number of pyridine rings is 1. The van der Waals surface area contributed by atoms with Gasteiger partial charge < -0.3 is 10.6 Å². The number of aromatic nitrogens is 1. The highest BCUT2D eigenvalue weighted by molar-refractivity contribution is 6.39. The van der Waals surface area contributed by atoms with Crippen LogP contribution in [0.5, 0.6) is 0 Å². The molecule has 0 saturated heterocycles. The van der Waals surface area contributed by atoms with E-state index >= 15 is 0 Å². The van der Waals surface area contributed by atoms with E-state index in [1.807, 2.05) is 6.07 Å². The van der Waals surface area contributed by atoms with Gasteiger partial charge in [-0.25, -0.2) is 0 Å². The van der Waals surface area contributed by atoms with Gasteiger partial charge in [-0.15, -0.1) is 0 Å². The van der Waals surface area contributed by atoms with Crippen LogP contribution in [0.25, 0.3) is 0 Å². The number of hydrogen-bond acceptors (Lipinski definition) is 4. The molecule has 2 amide bonds. The van der Waals surface area contributed by atoms with Crippen molar-refractivity contribution in [3.05, 3.63) is 59.9 Å². The first-order chi connectivity index (χ1) is 10.2. The quantitative estimate of drug-likeness (QED) is 0.826. The van der Waals surface area contributed by atoms with Crippen LogP contribution in [0.3, 0.4) is 0 Å². The van der Waals surface area contributed by atoms with Crippen LogP contribution in [0.1, 0.15) is 11.1 Å². The first-order valence-electron chi connectivity index (χ1n) is 6.17. The van der Waals surface area contributed by atoms with Crippen LogP contribution in [0.4, 0.5) is 5.69 Å². The summed E-state index contributed by atoms with van der Waals surface area (Å²) in [4.78, 5) is 27.1. The van der Waals surface area contributed by atoms with Gasteiger partial charge in [0.1, 0.15) is 0 Å². The van der Waals surface area contributed by atoms with Gasteiger partial charge in [-0.2, -0.15) is 5.26 Å². The van der Waals surface area contributed by atoms with E-state index in [-0.39, 0.29) is 6.54 Å². The van der Waals surface area contributed by atoms with Gasteiger partial charge >= 0.3 is 11.8 Å². The molecule has 0 atom stereocenters. The monoisotopic (exact) mass is 280 g/mol. The smallest absolute Gasteiger partial charge is 0.313 e. The molecule has 0 spiro atoms. The zero-order valence-corrected chi connectivity index (χ0v) is 11.0. The molecule has 104 valence electrons. The maximum absolute atomic E-state index is 11.7. The Labute approximate surface area is 121 Å². The number of benzene rings is 1. The molecule has 0 unspecified atom stereocenters. The van der Waals surface area contributed by atoms with Gasteiger partial charge in [-0.05, 0) is 29.8 Å². The van der Waals surface area contributed by atoms with Crippen LogP contribution in [0.2, 0.25) is 0 Å². The van der Waals surface area contributed by atoms with E-state index in [1.165, 1.54) is 12.4 Å². The second-order valence-corrected chi connectivity index (χ2v) is 4.18. The summed E-state index contributed by atoms with van der Waals surface area (Å²) in [5.41, 5.74) is 1.75. The minimum absolute atomic E-state index is 0.179. The Kier molecular flexibility index (Phi) is 4.62. The van der Waals surface area contributed by atoms with Gasteiger partial charge in [0.25, 0.3) is 0 Å². The second kappa shape index (κ2) is 6.82. The third kappa shape index (κ3) is 4.14. The normalized spacial score (nSPS) is 9.48. The first kappa shape index (κ1) is 14.2. The second-order valence-electron chi connectivity index (χ2n) is 4.18. The molecule has 0 fully saturated rings. The number of carbonyl (C=O) groups excluding carboxylic acids is 2. The molecule has 2 rings (SSSR count). The molecule has 2 aromatic rings. The van der Waals surface area contributed by atoms with E-state index in [0.29, 0.717) is 11.3 Å². The van der Waals surface area contributed by atoms with Crippen molar-refractivity contribution in [1.29, 1.82) is 5.26 Å². The summed E-state index contributed by atoms with van der Waals surface area (Å²) in [6.45, 7) is 0.179. The van der Waals surface area contributed by atoms with E-state index in [0.717, 1.165) is 5.56 Å². The molecule has 1 aromatic heterocycles. The Morgan fingerprint density at radius 1 is 1.14 bits per heavy atom. The minimum atomic E-state index is -0.752. The van der Waals surface area contributed by atoms with Gasteiger partial charge in [-0.3, -0.25) is 14.6 Å². The van der Waals surface area contributed by atoms with Gasteiger partial charge in [0.2, 0.25) is 0 Å². The van der Waals surface area contributed by atoms with Gasteiger partial charge in [0.05, 0.1) is 11.6 Å². The molecular weight excluding hydrogens is 268 g/mol. The number of nitrogens with one attached hydrogen (secondary N) is 2. The zero-order chi connectivity index (χ0) is 15.1. The molecule has 6 heteroatoms. The Morgan fingerprint density at radius 2 is 1.90 bits per heavy atom. The standard InChI is InChI=1S/C15H12N4O2/c16-9-11-2-1-3-12(8-11)10-18-14(20)15(21)19-13-4-6-17-7-5-13/h1-8H,10H2,(H,18,20)(H,17,19,21). The zero-order valence-electron chi connectivity index (χ0n) is 11.0. The van der Waals surface area contributed by atoms with Crippen LogP contribution in [-0.4, -0.2) is 16.8 Å². The van der Waals surface area contributed by atoms with E-state index in [2.05, 4.69) is 15.6 Å². The molecule has 0 saturated carbocycles. The first-order valence-corrected chi connectivity index (χ1v) is 6.17. The van der Waals surface area contributed by atoms with Gasteiger partial charge in [-0.1, -0.05) is 12.1 Å². The Bertz CT molecular complexity index is 692. The highest BCUT2D eigenvalue weighted by Gasteiger charge is 2.13. The van der Waals surface area contributed by atoms with Crippen molar-refractivity contribution >= 4 is 17.5 Å². The highest BCUT2D eigenvalue weighted by Crippen LogP contribution is 2.04. The molecule has 1 heterocycles. The molecule has 21 heavy (non-hydrogen) atoms. The van der Waals surface area contributed by atoms with Crippen LogP contribution in [0, 0.1) is 11.3 Å². The predicted octanol–water partition coefficient (Wildman–Crippen LogP) is 1.21. The summed E-state index contributed by atoms with van der Waals surface area (Å²) in [7, 11) is 0. The van der Waals surface area contributed by atoms with Crippen molar-refractivity contribution < 1.29 is 9.59 Å². The maximum Gasteiger partial charge on any atom is 0.313 e. The molecule has 2 N–H and O–H groups in total. The van der Waals surface area contributed by atoms with E-state index in [1.54, 1.807) is 36.4 Å². The molecule has 6 nitrogen and oxygen atoms in total. The van der Waals surface area contributed by atoms with E-state index in [9.17, 15) is 9.59 Å². The molecule has 0 aliphatic carbocycles. The fourth-order valence-corrected chi connectivity index (χ4v) is 1.64. The largest absolute Gasteiger partial charge is 0.344 e. The van der Waals surface area contributed by atoms with Crippen molar-refractivity contribution in [3.63, 3.8) is 0 Å². The molecular formula is C15H12N4O2. The molecule has 0 radical (unpaired) electrons. The predicted molar refractivity (Wildman–Crippen MR) is 75.9 cm³/mol. The lowest BCUT2D eigenvalue weighted by molar-refractivity contribution is -0.136. The third-order valence-corrected chi connectivity index (χ3v) is 2.65. The highest BCUT2D eigenvalue weighted by atomic mass is 16.2. The maximum atomic E-state index is 11.7. The van der Waals surface area contributed by atoms with Crippen molar-refractivity contribution in [1.82, 2.24) is 10.3 Å². The van der Waals surface area contributed by atoms with Gasteiger partial charge in [0, 0.05) is 24.6 Å². The van der Waals surface area contributed by atoms with Crippen molar-refractivity contribution in [2.75, 3.05) is 5.32 Å². The topological polar surface area (TPSA) is 94.9 Å². The van der Waals surface area contributed by atoms with Crippen molar-refractivity contribution in [2.45, 2.75) is 6.54 Å². The van der Waals surface area contributed by atoms with E-state index in [4.69, 9.17) is 5.26 Å². The third-order valence-electron chi connectivity index (χ3n) is 2.65. The number of nitrogens with zero attached hydrogens (tertiary/aromatic N) is 2. The SMILES string of the molecule is N#Cc1cccc(CNC(=O)C(=O)Nc2ccncc2)c1. The van der Waals surface area contributed by atoms with Crippen molar-refractivity contribution in [3.8, 4) is 6.07 Å². The molecule has 0 aliphatic rings. The number of anilines is 1. The lowest BCUT2D eigenvalue weighted by Crippen LogP contribution is -2.34. The minimum Gasteiger partial charge on any atom is -0.344 e. The Hall–Kier alpha value is -3.20. The van der Waals surface area contributed by atoms with Crippen LogP contribution in [0.15, 0.2) is 48.8 Å². The summed E-state index contributed by atoms with van der Waals surface area (Å²) in [5.74, 6) is -1.49. The van der Waals surface area contributed by atoms with Crippen LogP contribution < -0.4 is 10.6 Å². The summed E-state index contributed by atoms with van der Waals surface area (Å²) < 4.78 is 0. The number of rotatable bonds is 3. The van der Waals surface area contributed by atoms with Crippen LogP contribution >= 0.6 is 0 Å². The van der Waals surface area contributed by atoms with Crippen LogP contribution in [-0.2, 0) is 16.1 Å². The number of carbonyl (C=O) groups is 2. The average molecular weight is 280 g/mol. The number of hydrogen-bond donors (Lipinski definition) is 2. The fraction of sp³-hybridized carbons (Fsp3) is 0.0667. The van der Waals surface area contributed by atoms with Crippen molar-refractivity contribution in [2.24, 2.45) is 0 Å². The number of amides is 2. The molecule has 1 aromatic carbocycles. The van der Waals surface area contributed by atoms with Gasteiger partial charge in [0.15, 0.2) is 0 Å². The number of nitriles is 1. The Morgan fingerprint density at radius 3 is 2.62 bits per heavy atom. The average Bonchev–Trinajstić information content (AvgIpc) is 2.53. The Balaban J connectivity index is 1.89. The summed E-state index contributed by atoms with van der Waals surface area (Å²) in [6.07, 6.45) is 3.03. The van der Waals surface area contributed by atoms with E-state index < -0.39 is 11.8 Å². The summed E-state index contributed by atoms with van der Waals surface area (Å²) >= 11 is 0. The summed E-state index contributed by atoms with van der Waals surface area (Å²) in [5, 5.41) is 13.7. The summed E-state index contributed by atoms with van der Waals surface area (Å²) in [6, 6.07) is 12.0. The molecule has 0 aliphatic heterocycles.